The number of hydrogen-bond donors (Lipinski definition) is 2. The molecule has 33 heavy (non-hydrogen) atoms. The Morgan fingerprint density at radius 1 is 1.12 bits per heavy atom. The molecule has 7 heteroatoms. The zero-order valence-corrected chi connectivity index (χ0v) is 22.0. The van der Waals surface area contributed by atoms with E-state index in [4.69, 9.17) is 4.74 Å². The van der Waals surface area contributed by atoms with Gasteiger partial charge < -0.3 is 15.4 Å². The molecule has 2 fully saturated rings. The molecule has 4 rings (SSSR count). The van der Waals surface area contributed by atoms with Crippen molar-refractivity contribution >= 4 is 29.9 Å². The Kier molecular flexibility index (Phi) is 9.37. The summed E-state index contributed by atoms with van der Waals surface area (Å²) in [7, 11) is 3.34. The van der Waals surface area contributed by atoms with E-state index in [1.807, 2.05) is 13.1 Å². The van der Waals surface area contributed by atoms with Crippen LogP contribution in [0.2, 0.25) is 0 Å². The molecule has 2 aromatic rings. The number of nitrogens with one attached hydrogen (secondary N) is 2. The van der Waals surface area contributed by atoms with Crippen LogP contribution in [0, 0.1) is 11.2 Å². The second-order valence-corrected chi connectivity index (χ2v) is 9.25. The maximum Gasteiger partial charge on any atom is 0.191 e. The summed E-state index contributed by atoms with van der Waals surface area (Å²) in [6, 6.07) is 16.4. The smallest absolute Gasteiger partial charge is 0.191 e. The first kappa shape index (κ1) is 25.7. The van der Waals surface area contributed by atoms with Crippen molar-refractivity contribution in [2.45, 2.75) is 44.7 Å². The van der Waals surface area contributed by atoms with E-state index < -0.39 is 0 Å². The highest BCUT2D eigenvalue weighted by Gasteiger charge is 2.42. The molecule has 0 bridgehead atoms. The van der Waals surface area contributed by atoms with Crippen molar-refractivity contribution in [3.8, 4) is 5.75 Å². The van der Waals surface area contributed by atoms with E-state index >= 15 is 0 Å². The first-order valence-corrected chi connectivity index (χ1v) is 11.6. The molecule has 2 aromatic carbocycles. The topological polar surface area (TPSA) is 48.9 Å². The van der Waals surface area contributed by atoms with Crippen LogP contribution in [0.1, 0.15) is 36.8 Å². The number of piperidine rings is 1. The zero-order valence-electron chi connectivity index (χ0n) is 19.6. The lowest BCUT2D eigenvalue weighted by Crippen LogP contribution is -2.49. The van der Waals surface area contributed by atoms with Gasteiger partial charge in [0, 0.05) is 39.3 Å². The van der Waals surface area contributed by atoms with E-state index in [9.17, 15) is 4.39 Å². The van der Waals surface area contributed by atoms with Crippen LogP contribution in [0.15, 0.2) is 53.5 Å². The average Bonchev–Trinajstić information content (AvgIpc) is 3.58. The van der Waals surface area contributed by atoms with Crippen LogP contribution in [-0.2, 0) is 13.0 Å². The predicted molar refractivity (Wildman–Crippen MR) is 143 cm³/mol. The van der Waals surface area contributed by atoms with Crippen LogP contribution in [0.3, 0.4) is 0 Å². The first-order valence-electron chi connectivity index (χ1n) is 11.6. The third-order valence-electron chi connectivity index (χ3n) is 6.78. The Labute approximate surface area is 214 Å². The summed E-state index contributed by atoms with van der Waals surface area (Å²) >= 11 is 0. The minimum atomic E-state index is -0.294. The summed E-state index contributed by atoms with van der Waals surface area (Å²) in [5.74, 6) is 0.907. The minimum Gasteiger partial charge on any atom is -0.494 e. The van der Waals surface area contributed by atoms with Crippen LogP contribution in [-0.4, -0.2) is 50.7 Å². The number of benzene rings is 2. The molecular formula is C26H36FIN4O. The van der Waals surface area contributed by atoms with Crippen LogP contribution < -0.4 is 15.4 Å². The molecule has 1 heterocycles. The van der Waals surface area contributed by atoms with Crippen LogP contribution in [0.5, 0.6) is 5.75 Å². The van der Waals surface area contributed by atoms with Gasteiger partial charge in [0.25, 0.3) is 0 Å². The summed E-state index contributed by atoms with van der Waals surface area (Å²) in [4.78, 5) is 6.84. The number of aliphatic imine (C=N–C) groups is 1. The van der Waals surface area contributed by atoms with Gasteiger partial charge >= 0.3 is 0 Å². The number of rotatable bonds is 8. The van der Waals surface area contributed by atoms with Crippen LogP contribution in [0.25, 0.3) is 0 Å². The second-order valence-electron chi connectivity index (χ2n) is 9.25. The van der Waals surface area contributed by atoms with E-state index in [-0.39, 0.29) is 29.8 Å². The fraction of sp³-hybridized carbons (Fsp3) is 0.500. The maximum atomic E-state index is 14.0. The Morgan fingerprint density at radius 2 is 1.85 bits per heavy atom. The highest BCUT2D eigenvalue weighted by atomic mass is 127. The van der Waals surface area contributed by atoms with Crippen molar-refractivity contribution in [2.24, 2.45) is 10.4 Å². The standard InChI is InChI=1S/C26H35FN4O.HI/c1-28-25(29-19-26(12-13-26)17-20-6-4-3-5-7-20)30-22-10-14-31(15-11-22)18-21-8-9-24(32-2)23(27)16-21;/h3-9,16,22H,10-15,17-19H2,1-2H3,(H2,28,29,30);1H. The molecule has 2 aliphatic rings. The van der Waals surface area contributed by atoms with Gasteiger partial charge in [-0.3, -0.25) is 9.89 Å². The molecule has 0 amide bonds. The van der Waals surface area contributed by atoms with Gasteiger partial charge in [0.05, 0.1) is 7.11 Å². The SMILES string of the molecule is CN=C(NCC1(Cc2ccccc2)CC1)NC1CCN(Cc2ccc(OC)c(F)c2)CC1.I. The summed E-state index contributed by atoms with van der Waals surface area (Å²) in [6.07, 6.45) is 5.78. The molecule has 1 aliphatic carbocycles. The molecule has 0 unspecified atom stereocenters. The van der Waals surface area contributed by atoms with E-state index in [2.05, 4.69) is 50.9 Å². The Balaban J connectivity index is 0.00000306. The number of ether oxygens (including phenoxy) is 1. The minimum absolute atomic E-state index is 0. The summed E-state index contributed by atoms with van der Waals surface area (Å²) in [5.41, 5.74) is 2.77. The third kappa shape index (κ3) is 7.30. The van der Waals surface area contributed by atoms with Gasteiger partial charge in [-0.1, -0.05) is 36.4 Å². The van der Waals surface area contributed by atoms with E-state index in [1.54, 1.807) is 12.1 Å². The fourth-order valence-corrected chi connectivity index (χ4v) is 4.58. The number of guanidine groups is 1. The van der Waals surface area contributed by atoms with Crippen LogP contribution >= 0.6 is 24.0 Å². The Bertz CT molecular complexity index is 912. The normalized spacial score (nSPS) is 18.3. The number of likely N-dealkylation sites (tertiary alicyclic amines) is 1. The number of methoxy groups -OCH3 is 1. The molecule has 180 valence electrons. The van der Waals surface area contributed by atoms with E-state index in [1.165, 1.54) is 25.5 Å². The third-order valence-corrected chi connectivity index (χ3v) is 6.78. The first-order chi connectivity index (χ1) is 15.6. The van der Waals surface area contributed by atoms with Gasteiger partial charge in [-0.05, 0) is 60.8 Å². The van der Waals surface area contributed by atoms with Gasteiger partial charge in [-0.25, -0.2) is 4.39 Å². The number of nitrogens with zero attached hydrogens (tertiary/aromatic N) is 2. The maximum absolute atomic E-state index is 14.0. The molecule has 0 radical (unpaired) electrons. The second kappa shape index (κ2) is 12.0. The molecule has 1 saturated carbocycles. The average molecular weight is 567 g/mol. The Morgan fingerprint density at radius 3 is 2.45 bits per heavy atom. The van der Waals surface area contributed by atoms with Gasteiger partial charge in [0.1, 0.15) is 0 Å². The van der Waals surface area contributed by atoms with Crippen molar-refractivity contribution in [1.82, 2.24) is 15.5 Å². The van der Waals surface area contributed by atoms with Crippen molar-refractivity contribution in [3.05, 3.63) is 65.5 Å². The number of hydrogen-bond acceptors (Lipinski definition) is 3. The van der Waals surface area contributed by atoms with Crippen molar-refractivity contribution in [3.63, 3.8) is 0 Å². The highest BCUT2D eigenvalue weighted by molar-refractivity contribution is 14.0. The molecule has 0 atom stereocenters. The zero-order chi connectivity index (χ0) is 22.4. The summed E-state index contributed by atoms with van der Waals surface area (Å²) in [6.45, 7) is 3.70. The summed E-state index contributed by atoms with van der Waals surface area (Å²) < 4.78 is 19.0. The molecule has 0 spiro atoms. The van der Waals surface area contributed by atoms with Crippen LogP contribution in [0.4, 0.5) is 4.39 Å². The Hall–Kier alpha value is -1.87. The fourth-order valence-electron chi connectivity index (χ4n) is 4.58. The molecule has 0 aromatic heterocycles. The van der Waals surface area contributed by atoms with Gasteiger partial charge in [0.2, 0.25) is 0 Å². The van der Waals surface area contributed by atoms with Gasteiger partial charge in [-0.15, -0.1) is 24.0 Å². The highest BCUT2D eigenvalue weighted by Crippen LogP contribution is 2.47. The molecular weight excluding hydrogens is 530 g/mol. The molecule has 5 nitrogen and oxygen atoms in total. The van der Waals surface area contributed by atoms with Crippen molar-refractivity contribution < 1.29 is 9.13 Å². The quantitative estimate of drug-likeness (QED) is 0.279. The summed E-state index contributed by atoms with van der Waals surface area (Å²) in [5, 5.41) is 7.19. The molecule has 1 saturated heterocycles. The van der Waals surface area contributed by atoms with E-state index in [0.717, 1.165) is 57.0 Å². The number of halogens is 2. The lowest BCUT2D eigenvalue weighted by atomic mass is 9.96. The molecule has 2 N–H and O–H groups in total. The lowest BCUT2D eigenvalue weighted by molar-refractivity contribution is 0.198. The predicted octanol–water partition coefficient (Wildman–Crippen LogP) is 4.60. The lowest BCUT2D eigenvalue weighted by Gasteiger charge is -2.33. The monoisotopic (exact) mass is 566 g/mol. The van der Waals surface area contributed by atoms with Gasteiger partial charge in [-0.2, -0.15) is 0 Å². The van der Waals surface area contributed by atoms with Gasteiger partial charge in [0.15, 0.2) is 17.5 Å². The van der Waals surface area contributed by atoms with Crippen molar-refractivity contribution in [2.75, 3.05) is 33.8 Å². The largest absolute Gasteiger partial charge is 0.494 e. The van der Waals surface area contributed by atoms with Crippen molar-refractivity contribution in [1.29, 1.82) is 0 Å². The van der Waals surface area contributed by atoms with E-state index in [0.29, 0.717) is 17.2 Å². The molecule has 1 aliphatic heterocycles.